The van der Waals surface area contributed by atoms with Crippen molar-refractivity contribution in [1.29, 1.82) is 0 Å². The Morgan fingerprint density at radius 2 is 1.23 bits per heavy atom. The van der Waals surface area contributed by atoms with Crippen molar-refractivity contribution in [3.63, 3.8) is 0 Å². The van der Waals surface area contributed by atoms with E-state index in [0.717, 1.165) is 38.8 Å². The molecule has 2 amide bonds. The normalized spacial score (nSPS) is 19.4. The van der Waals surface area contributed by atoms with Crippen LogP contribution in [0.1, 0.15) is 25.7 Å². The van der Waals surface area contributed by atoms with Crippen LogP contribution >= 0.6 is 12.4 Å². The molecule has 0 aromatic heterocycles. The van der Waals surface area contributed by atoms with Crippen molar-refractivity contribution in [2.24, 2.45) is 0 Å². The zero-order valence-electron chi connectivity index (χ0n) is 7.47. The number of nitrogens with one attached hydrogen (secondary N) is 2. The SMILES string of the molecule is Cl.O=C1CCCN1.O=C1CCCN1. The minimum atomic E-state index is 0. The number of carbonyl (C=O) groups is 2. The van der Waals surface area contributed by atoms with Gasteiger partial charge in [-0.2, -0.15) is 0 Å². The number of amides is 2. The lowest BCUT2D eigenvalue weighted by atomic mass is 10.4. The summed E-state index contributed by atoms with van der Waals surface area (Å²) in [7, 11) is 0. The standard InChI is InChI=1S/2C4H7NO.ClH/c2*6-4-2-1-3-5-4;/h2*1-3H2,(H,5,6);1H. The Labute approximate surface area is 83.9 Å². The van der Waals surface area contributed by atoms with Crippen LogP contribution < -0.4 is 10.6 Å². The van der Waals surface area contributed by atoms with Crippen molar-refractivity contribution in [1.82, 2.24) is 10.6 Å². The molecule has 2 heterocycles. The van der Waals surface area contributed by atoms with Crippen LogP contribution in [0.25, 0.3) is 0 Å². The topological polar surface area (TPSA) is 58.2 Å². The van der Waals surface area contributed by atoms with Gasteiger partial charge in [0.15, 0.2) is 0 Å². The van der Waals surface area contributed by atoms with E-state index in [4.69, 9.17) is 0 Å². The van der Waals surface area contributed by atoms with Gasteiger partial charge in [-0.1, -0.05) is 0 Å². The molecule has 2 fully saturated rings. The Balaban J connectivity index is 0.000000206. The Morgan fingerprint density at radius 3 is 1.31 bits per heavy atom. The van der Waals surface area contributed by atoms with Gasteiger partial charge in [0.25, 0.3) is 0 Å². The average molecular weight is 207 g/mol. The van der Waals surface area contributed by atoms with Crippen LogP contribution in [0.2, 0.25) is 0 Å². The highest BCUT2D eigenvalue weighted by molar-refractivity contribution is 5.85. The number of hydrogen-bond acceptors (Lipinski definition) is 2. The third-order valence-electron chi connectivity index (χ3n) is 1.81. The van der Waals surface area contributed by atoms with Gasteiger partial charge in [0.1, 0.15) is 0 Å². The zero-order chi connectivity index (χ0) is 8.81. The molecule has 0 aliphatic carbocycles. The molecule has 0 aromatic carbocycles. The smallest absolute Gasteiger partial charge is 0.220 e. The van der Waals surface area contributed by atoms with Gasteiger partial charge in [0.05, 0.1) is 0 Å². The molecule has 0 atom stereocenters. The van der Waals surface area contributed by atoms with Crippen LogP contribution in [0, 0.1) is 0 Å². The summed E-state index contributed by atoms with van der Waals surface area (Å²) in [6.45, 7) is 1.78. The Morgan fingerprint density at radius 1 is 0.846 bits per heavy atom. The third-order valence-corrected chi connectivity index (χ3v) is 1.81. The maximum atomic E-state index is 10.1. The minimum Gasteiger partial charge on any atom is -0.356 e. The van der Waals surface area contributed by atoms with Crippen molar-refractivity contribution in [3.8, 4) is 0 Å². The predicted molar refractivity (Wildman–Crippen MR) is 51.7 cm³/mol. The van der Waals surface area contributed by atoms with Gasteiger partial charge in [-0.15, -0.1) is 12.4 Å². The van der Waals surface area contributed by atoms with Crippen LogP contribution in [0.5, 0.6) is 0 Å². The fourth-order valence-corrected chi connectivity index (χ4v) is 1.13. The maximum Gasteiger partial charge on any atom is 0.220 e. The third kappa shape index (κ3) is 5.47. The second kappa shape index (κ2) is 6.71. The molecule has 2 rings (SSSR count). The van der Waals surface area contributed by atoms with Crippen molar-refractivity contribution in [2.45, 2.75) is 25.7 Å². The summed E-state index contributed by atoms with van der Waals surface area (Å²) in [6, 6.07) is 0. The predicted octanol–water partition coefficient (Wildman–Crippen LogP) is 0.215. The molecular weight excluding hydrogens is 192 g/mol. The lowest BCUT2D eigenvalue weighted by Crippen LogP contribution is -2.12. The van der Waals surface area contributed by atoms with Gasteiger partial charge >= 0.3 is 0 Å². The molecule has 5 heteroatoms. The van der Waals surface area contributed by atoms with Gasteiger partial charge in [-0.25, -0.2) is 0 Å². The molecule has 0 unspecified atom stereocenters. The number of rotatable bonds is 0. The van der Waals surface area contributed by atoms with Gasteiger partial charge in [0.2, 0.25) is 11.8 Å². The Kier molecular flexibility index (Phi) is 6.32. The van der Waals surface area contributed by atoms with Crippen LogP contribution in [0.4, 0.5) is 0 Å². The maximum absolute atomic E-state index is 10.1. The Bertz CT molecular complexity index is 149. The summed E-state index contributed by atoms with van der Waals surface area (Å²) < 4.78 is 0. The summed E-state index contributed by atoms with van der Waals surface area (Å²) in [5.41, 5.74) is 0. The van der Waals surface area contributed by atoms with Crippen LogP contribution in [0.15, 0.2) is 0 Å². The molecule has 2 saturated heterocycles. The largest absolute Gasteiger partial charge is 0.356 e. The Hall–Kier alpha value is -0.770. The fraction of sp³-hybridized carbons (Fsp3) is 0.750. The second-order valence-corrected chi connectivity index (χ2v) is 2.91. The van der Waals surface area contributed by atoms with Gasteiger partial charge in [0, 0.05) is 25.9 Å². The quantitative estimate of drug-likeness (QED) is 0.596. The lowest BCUT2D eigenvalue weighted by Gasteiger charge is -1.80. The summed E-state index contributed by atoms with van der Waals surface area (Å²) in [4.78, 5) is 20.3. The van der Waals surface area contributed by atoms with Crippen LogP contribution in [0.3, 0.4) is 0 Å². The highest BCUT2D eigenvalue weighted by Gasteiger charge is 2.05. The molecule has 4 nitrogen and oxygen atoms in total. The molecular formula is C8H15ClN2O2. The first-order valence-corrected chi connectivity index (χ1v) is 4.32. The van der Waals surface area contributed by atoms with Crippen molar-refractivity contribution in [2.75, 3.05) is 13.1 Å². The zero-order valence-corrected chi connectivity index (χ0v) is 8.28. The van der Waals surface area contributed by atoms with Gasteiger partial charge < -0.3 is 10.6 Å². The van der Waals surface area contributed by atoms with Crippen LogP contribution in [-0.2, 0) is 9.59 Å². The summed E-state index contributed by atoms with van der Waals surface area (Å²) in [6.07, 6.45) is 3.53. The minimum absolute atomic E-state index is 0. The average Bonchev–Trinajstić information content (AvgIpc) is 2.63. The number of halogens is 1. The van der Waals surface area contributed by atoms with Crippen molar-refractivity contribution < 1.29 is 9.59 Å². The van der Waals surface area contributed by atoms with Crippen LogP contribution in [-0.4, -0.2) is 24.9 Å². The first-order chi connectivity index (χ1) is 5.79. The van der Waals surface area contributed by atoms with E-state index in [1.54, 1.807) is 0 Å². The van der Waals surface area contributed by atoms with Gasteiger partial charge in [-0.3, -0.25) is 9.59 Å². The molecule has 2 aliphatic rings. The summed E-state index contributed by atoms with van der Waals surface area (Å²) in [5.74, 6) is 0.407. The molecule has 0 saturated carbocycles. The van der Waals surface area contributed by atoms with E-state index in [9.17, 15) is 9.59 Å². The fourth-order valence-electron chi connectivity index (χ4n) is 1.13. The molecule has 2 aliphatic heterocycles. The highest BCUT2D eigenvalue weighted by atomic mass is 35.5. The first-order valence-electron chi connectivity index (χ1n) is 4.32. The molecule has 0 aromatic rings. The summed E-state index contributed by atoms with van der Waals surface area (Å²) >= 11 is 0. The number of carbonyl (C=O) groups excluding carboxylic acids is 2. The second-order valence-electron chi connectivity index (χ2n) is 2.91. The van der Waals surface area contributed by atoms with E-state index >= 15 is 0 Å². The first kappa shape index (κ1) is 12.2. The van der Waals surface area contributed by atoms with E-state index in [1.807, 2.05) is 0 Å². The van der Waals surface area contributed by atoms with E-state index in [0.29, 0.717) is 0 Å². The highest BCUT2D eigenvalue weighted by Crippen LogP contribution is 1.93. The van der Waals surface area contributed by atoms with Crippen molar-refractivity contribution >= 4 is 24.2 Å². The molecule has 13 heavy (non-hydrogen) atoms. The molecule has 76 valence electrons. The molecule has 0 radical (unpaired) electrons. The molecule has 0 bridgehead atoms. The molecule has 0 spiro atoms. The van der Waals surface area contributed by atoms with E-state index in [1.165, 1.54) is 0 Å². The van der Waals surface area contributed by atoms with E-state index < -0.39 is 0 Å². The lowest BCUT2D eigenvalue weighted by molar-refractivity contribution is -0.119. The van der Waals surface area contributed by atoms with E-state index in [-0.39, 0.29) is 24.2 Å². The monoisotopic (exact) mass is 206 g/mol. The van der Waals surface area contributed by atoms with Gasteiger partial charge in [-0.05, 0) is 12.8 Å². The van der Waals surface area contributed by atoms with Crippen molar-refractivity contribution in [3.05, 3.63) is 0 Å². The molecule has 2 N–H and O–H groups in total. The number of hydrogen-bond donors (Lipinski definition) is 2. The van der Waals surface area contributed by atoms with E-state index in [2.05, 4.69) is 10.6 Å². The summed E-state index contributed by atoms with van der Waals surface area (Å²) in [5, 5.41) is 5.36.